The van der Waals surface area contributed by atoms with Crippen molar-refractivity contribution in [1.29, 1.82) is 0 Å². The van der Waals surface area contributed by atoms with Gasteiger partial charge >= 0.3 is 0 Å². The Kier molecular flexibility index (Phi) is 3.31. The molecule has 0 saturated carbocycles. The zero-order valence-corrected chi connectivity index (χ0v) is 10.5. The molecular weight excluding hydrogens is 196 g/mol. The number of hydrogen-bond acceptors (Lipinski definition) is 2. The Bertz CT molecular complexity index is 363. The average molecular weight is 218 g/mol. The summed E-state index contributed by atoms with van der Waals surface area (Å²) in [6.07, 6.45) is 2.13. The summed E-state index contributed by atoms with van der Waals surface area (Å²) in [6, 6.07) is 7.95. The number of nitrogens with one attached hydrogen (secondary N) is 1. The third-order valence-corrected chi connectivity index (χ3v) is 3.49. The van der Waals surface area contributed by atoms with E-state index in [1.807, 2.05) is 0 Å². The van der Waals surface area contributed by atoms with Gasteiger partial charge in [0.1, 0.15) is 0 Å². The van der Waals surface area contributed by atoms with Gasteiger partial charge < -0.3 is 11.1 Å². The molecule has 1 fully saturated rings. The monoisotopic (exact) mass is 218 g/mol. The van der Waals surface area contributed by atoms with Gasteiger partial charge in [0.2, 0.25) is 0 Å². The van der Waals surface area contributed by atoms with Gasteiger partial charge in [-0.3, -0.25) is 0 Å². The Morgan fingerprint density at radius 3 is 2.69 bits per heavy atom. The molecule has 1 aliphatic heterocycles. The van der Waals surface area contributed by atoms with Gasteiger partial charge in [-0.05, 0) is 44.7 Å². The maximum Gasteiger partial charge on any atom is 0.0339 e. The van der Waals surface area contributed by atoms with E-state index >= 15 is 0 Å². The van der Waals surface area contributed by atoms with Crippen LogP contribution in [0.5, 0.6) is 0 Å². The van der Waals surface area contributed by atoms with Crippen molar-refractivity contribution < 1.29 is 0 Å². The number of rotatable bonds is 1. The molecule has 1 aliphatic rings. The summed E-state index contributed by atoms with van der Waals surface area (Å²) in [5.41, 5.74) is 10.2. The zero-order valence-electron chi connectivity index (χ0n) is 10.5. The normalized spacial score (nSPS) is 30.4. The average Bonchev–Trinajstić information content (AvgIpc) is 2.20. The Morgan fingerprint density at radius 1 is 1.25 bits per heavy atom. The smallest absolute Gasteiger partial charge is 0.0339 e. The van der Waals surface area contributed by atoms with E-state index in [2.05, 4.69) is 44.3 Å². The van der Waals surface area contributed by atoms with E-state index in [1.165, 1.54) is 16.7 Å². The summed E-state index contributed by atoms with van der Waals surface area (Å²) >= 11 is 0. The minimum atomic E-state index is 0.334. The lowest BCUT2D eigenvalue weighted by molar-refractivity contribution is 0.306. The number of hydrogen-bond donors (Lipinski definition) is 2. The molecule has 0 amide bonds. The van der Waals surface area contributed by atoms with Crippen LogP contribution in [0.1, 0.15) is 42.5 Å². The van der Waals surface area contributed by atoms with Crippen molar-refractivity contribution in [3.63, 3.8) is 0 Å². The van der Waals surface area contributed by atoms with Crippen LogP contribution in [0.3, 0.4) is 0 Å². The fraction of sp³-hybridized carbons (Fsp3) is 0.571. The molecule has 0 aromatic heterocycles. The fourth-order valence-corrected chi connectivity index (χ4v) is 2.68. The second-order valence-electron chi connectivity index (χ2n) is 5.21. The Labute approximate surface area is 98.2 Å². The van der Waals surface area contributed by atoms with Gasteiger partial charge in [-0.2, -0.15) is 0 Å². The molecular formula is C14H22N2. The van der Waals surface area contributed by atoms with Crippen molar-refractivity contribution in [2.45, 2.75) is 51.7 Å². The summed E-state index contributed by atoms with van der Waals surface area (Å²) in [5, 5.41) is 3.65. The number of aryl methyl sites for hydroxylation is 2. The van der Waals surface area contributed by atoms with Crippen LogP contribution >= 0.6 is 0 Å². The summed E-state index contributed by atoms with van der Waals surface area (Å²) in [5.74, 6) is 0. The largest absolute Gasteiger partial charge is 0.328 e. The first-order valence-corrected chi connectivity index (χ1v) is 6.15. The van der Waals surface area contributed by atoms with Crippen LogP contribution in [0, 0.1) is 13.8 Å². The van der Waals surface area contributed by atoms with Gasteiger partial charge in [-0.1, -0.05) is 23.8 Å². The number of benzene rings is 1. The van der Waals surface area contributed by atoms with Crippen LogP contribution in [-0.2, 0) is 0 Å². The van der Waals surface area contributed by atoms with E-state index in [0.717, 1.165) is 12.8 Å². The Morgan fingerprint density at radius 2 is 2.00 bits per heavy atom. The lowest BCUT2D eigenvalue weighted by Gasteiger charge is -2.34. The second-order valence-corrected chi connectivity index (χ2v) is 5.21. The van der Waals surface area contributed by atoms with Crippen molar-refractivity contribution >= 4 is 0 Å². The van der Waals surface area contributed by atoms with E-state index in [9.17, 15) is 0 Å². The first-order chi connectivity index (χ1) is 7.56. The summed E-state index contributed by atoms with van der Waals surface area (Å²) in [7, 11) is 0. The molecule has 1 saturated heterocycles. The van der Waals surface area contributed by atoms with Crippen LogP contribution in [0.2, 0.25) is 0 Å². The summed E-state index contributed by atoms with van der Waals surface area (Å²) < 4.78 is 0. The van der Waals surface area contributed by atoms with E-state index in [0.29, 0.717) is 18.1 Å². The van der Waals surface area contributed by atoms with Crippen molar-refractivity contribution in [3.05, 3.63) is 34.9 Å². The van der Waals surface area contributed by atoms with Gasteiger partial charge in [0, 0.05) is 18.1 Å². The molecule has 0 bridgehead atoms. The molecule has 2 nitrogen and oxygen atoms in total. The SMILES string of the molecule is Cc1ccc(C)c([C@@H]2C[C@H](N)C[C@H](C)N2)c1. The summed E-state index contributed by atoms with van der Waals surface area (Å²) in [6.45, 7) is 6.55. The van der Waals surface area contributed by atoms with E-state index in [-0.39, 0.29) is 0 Å². The standard InChI is InChI=1S/C14H22N2/c1-9-4-5-10(2)13(6-9)14-8-12(15)7-11(3)16-14/h4-6,11-12,14,16H,7-8,15H2,1-3H3/t11-,12+,14-/m0/s1. The minimum Gasteiger partial charge on any atom is -0.328 e. The third-order valence-electron chi connectivity index (χ3n) is 3.49. The van der Waals surface area contributed by atoms with Gasteiger partial charge in [0.15, 0.2) is 0 Å². The molecule has 2 heteroatoms. The van der Waals surface area contributed by atoms with Crippen LogP contribution in [0.25, 0.3) is 0 Å². The molecule has 1 heterocycles. The number of nitrogens with two attached hydrogens (primary N) is 1. The molecule has 0 spiro atoms. The molecule has 1 aromatic carbocycles. The highest BCUT2D eigenvalue weighted by atomic mass is 15.0. The van der Waals surface area contributed by atoms with E-state index in [1.54, 1.807) is 0 Å². The minimum absolute atomic E-state index is 0.334. The van der Waals surface area contributed by atoms with Crippen LogP contribution in [0.4, 0.5) is 0 Å². The Balaban J connectivity index is 2.25. The quantitative estimate of drug-likeness (QED) is 0.760. The molecule has 0 unspecified atom stereocenters. The van der Waals surface area contributed by atoms with Crippen molar-refractivity contribution in [1.82, 2.24) is 5.32 Å². The molecule has 0 radical (unpaired) electrons. The van der Waals surface area contributed by atoms with Crippen molar-refractivity contribution in [2.75, 3.05) is 0 Å². The van der Waals surface area contributed by atoms with Crippen LogP contribution < -0.4 is 11.1 Å². The van der Waals surface area contributed by atoms with E-state index < -0.39 is 0 Å². The first-order valence-electron chi connectivity index (χ1n) is 6.15. The molecule has 2 rings (SSSR count). The molecule has 3 atom stereocenters. The van der Waals surface area contributed by atoms with Gasteiger partial charge in [0.05, 0.1) is 0 Å². The highest BCUT2D eigenvalue weighted by Gasteiger charge is 2.25. The lowest BCUT2D eigenvalue weighted by Crippen LogP contribution is -2.44. The highest BCUT2D eigenvalue weighted by molar-refractivity contribution is 5.33. The topological polar surface area (TPSA) is 38.0 Å². The zero-order chi connectivity index (χ0) is 11.7. The maximum atomic E-state index is 6.10. The molecule has 88 valence electrons. The predicted octanol–water partition coefficient (Wildman–Crippen LogP) is 2.44. The van der Waals surface area contributed by atoms with Gasteiger partial charge in [-0.15, -0.1) is 0 Å². The second kappa shape index (κ2) is 4.56. The van der Waals surface area contributed by atoms with E-state index in [4.69, 9.17) is 5.73 Å². The maximum absolute atomic E-state index is 6.10. The van der Waals surface area contributed by atoms with Crippen molar-refractivity contribution in [3.8, 4) is 0 Å². The summed E-state index contributed by atoms with van der Waals surface area (Å²) in [4.78, 5) is 0. The fourth-order valence-electron chi connectivity index (χ4n) is 2.68. The molecule has 3 N–H and O–H groups in total. The van der Waals surface area contributed by atoms with Crippen LogP contribution in [-0.4, -0.2) is 12.1 Å². The number of piperidine rings is 1. The molecule has 16 heavy (non-hydrogen) atoms. The van der Waals surface area contributed by atoms with Crippen molar-refractivity contribution in [2.24, 2.45) is 5.73 Å². The molecule has 1 aromatic rings. The first kappa shape index (κ1) is 11.6. The van der Waals surface area contributed by atoms with Crippen LogP contribution in [0.15, 0.2) is 18.2 Å². The Hall–Kier alpha value is -0.860. The lowest BCUT2D eigenvalue weighted by atomic mass is 9.88. The molecule has 0 aliphatic carbocycles. The highest BCUT2D eigenvalue weighted by Crippen LogP contribution is 2.27. The third kappa shape index (κ3) is 2.45. The van der Waals surface area contributed by atoms with Gasteiger partial charge in [0.25, 0.3) is 0 Å². The predicted molar refractivity (Wildman–Crippen MR) is 68.5 cm³/mol. The van der Waals surface area contributed by atoms with Gasteiger partial charge in [-0.25, -0.2) is 0 Å².